The van der Waals surface area contributed by atoms with E-state index in [9.17, 15) is 14.4 Å². The van der Waals surface area contributed by atoms with E-state index in [1.165, 1.54) is 23.8 Å². The molecule has 2 heterocycles. The number of hydrogen-bond donors (Lipinski definition) is 4. The van der Waals surface area contributed by atoms with E-state index in [0.29, 0.717) is 43.8 Å². The normalized spacial score (nSPS) is 25.0. The monoisotopic (exact) mass is 536 g/mol. The Hall–Kier alpha value is -3.28. The molecular formula is C28H40N8O3. The molecule has 11 nitrogen and oxygen atoms in total. The first-order valence-corrected chi connectivity index (χ1v) is 13.9. The zero-order valence-electron chi connectivity index (χ0n) is 22.9. The van der Waals surface area contributed by atoms with Gasteiger partial charge in [0.05, 0.1) is 11.2 Å². The minimum absolute atomic E-state index is 0.141. The van der Waals surface area contributed by atoms with Gasteiger partial charge in [0.1, 0.15) is 5.82 Å². The Morgan fingerprint density at radius 3 is 2.38 bits per heavy atom. The highest BCUT2D eigenvalue weighted by atomic mass is 16.2. The Bertz CT molecular complexity index is 1260. The van der Waals surface area contributed by atoms with Crippen molar-refractivity contribution in [2.24, 2.45) is 17.4 Å². The van der Waals surface area contributed by atoms with E-state index < -0.39 is 11.2 Å². The molecule has 210 valence electrons. The van der Waals surface area contributed by atoms with Crippen LogP contribution in [-0.4, -0.2) is 74.6 Å². The quantitative estimate of drug-likeness (QED) is 0.435. The molecule has 1 saturated heterocycles. The molecule has 2 bridgehead atoms. The average Bonchev–Trinajstić information content (AvgIpc) is 3.28. The van der Waals surface area contributed by atoms with Crippen molar-refractivity contribution in [2.75, 3.05) is 31.5 Å². The minimum Gasteiger partial charge on any atom is -0.338 e. The van der Waals surface area contributed by atoms with Gasteiger partial charge in [-0.15, -0.1) is 0 Å². The van der Waals surface area contributed by atoms with Crippen molar-refractivity contribution in [3.05, 3.63) is 52.6 Å². The molecule has 0 spiro atoms. The fourth-order valence-electron chi connectivity index (χ4n) is 6.13. The van der Waals surface area contributed by atoms with Crippen LogP contribution >= 0.6 is 0 Å². The van der Waals surface area contributed by atoms with Crippen LogP contribution in [0, 0.1) is 5.92 Å². The number of fused-ring (bicyclic) bond motifs is 2. The number of aromatic nitrogens is 2. The smallest absolute Gasteiger partial charge is 0.338 e. The molecule has 1 aromatic heterocycles. The van der Waals surface area contributed by atoms with Crippen LogP contribution in [0.25, 0.3) is 5.69 Å². The third kappa shape index (κ3) is 6.00. The second-order valence-corrected chi connectivity index (χ2v) is 11.9. The number of amides is 3. The lowest BCUT2D eigenvalue weighted by atomic mass is 9.80. The van der Waals surface area contributed by atoms with Crippen LogP contribution in [0.5, 0.6) is 0 Å². The Labute approximate surface area is 228 Å². The zero-order chi connectivity index (χ0) is 27.8. The van der Waals surface area contributed by atoms with Crippen LogP contribution in [0.1, 0.15) is 51.5 Å². The summed E-state index contributed by atoms with van der Waals surface area (Å²) < 4.78 is 1.45. The van der Waals surface area contributed by atoms with E-state index in [1.54, 1.807) is 35.9 Å². The van der Waals surface area contributed by atoms with E-state index in [4.69, 9.17) is 11.5 Å². The summed E-state index contributed by atoms with van der Waals surface area (Å²) in [6.07, 6.45) is 7.41. The number of carbonyl (C=O) groups is 2. The highest BCUT2D eigenvalue weighted by Crippen LogP contribution is 2.44. The van der Waals surface area contributed by atoms with Crippen molar-refractivity contribution >= 4 is 17.8 Å². The third-order valence-corrected chi connectivity index (χ3v) is 8.53. The number of piperazine rings is 1. The molecule has 0 radical (unpaired) electrons. The van der Waals surface area contributed by atoms with E-state index in [2.05, 4.69) is 15.6 Å². The topological polar surface area (TPSA) is 152 Å². The summed E-state index contributed by atoms with van der Waals surface area (Å²) in [5.74, 6) is 0.689. The summed E-state index contributed by atoms with van der Waals surface area (Å²) >= 11 is 0. The number of urea groups is 1. The van der Waals surface area contributed by atoms with Crippen LogP contribution in [-0.2, 0) is 11.3 Å². The fourth-order valence-corrected chi connectivity index (χ4v) is 6.13. The molecule has 3 atom stereocenters. The predicted octanol–water partition coefficient (Wildman–Crippen LogP) is 1.40. The summed E-state index contributed by atoms with van der Waals surface area (Å²) in [5, 5.41) is 6.49. The van der Waals surface area contributed by atoms with Crippen molar-refractivity contribution in [1.82, 2.24) is 24.7 Å². The number of nitrogens with zero attached hydrogens (tertiary/aromatic N) is 4. The van der Waals surface area contributed by atoms with E-state index in [1.807, 2.05) is 24.3 Å². The van der Waals surface area contributed by atoms with Crippen LogP contribution in [0.4, 0.5) is 10.6 Å². The summed E-state index contributed by atoms with van der Waals surface area (Å²) in [7, 11) is 0. The molecule has 1 aromatic carbocycles. The summed E-state index contributed by atoms with van der Waals surface area (Å²) in [5.41, 5.74) is 12.8. The van der Waals surface area contributed by atoms with Crippen molar-refractivity contribution < 1.29 is 9.59 Å². The molecule has 3 unspecified atom stereocenters. The predicted molar refractivity (Wildman–Crippen MR) is 149 cm³/mol. The number of nitrogens with two attached hydrogens (primary N) is 2. The van der Waals surface area contributed by atoms with Crippen LogP contribution in [0.2, 0.25) is 0 Å². The number of rotatable bonds is 6. The number of benzene rings is 1. The van der Waals surface area contributed by atoms with E-state index in [-0.39, 0.29) is 23.3 Å². The fraction of sp³-hybridized carbons (Fsp3) is 0.571. The molecule has 3 fully saturated rings. The molecular weight excluding hydrogens is 496 g/mol. The Kier molecular flexibility index (Phi) is 7.49. The van der Waals surface area contributed by atoms with Gasteiger partial charge in [-0.1, -0.05) is 12.1 Å². The molecule has 3 aliphatic rings. The van der Waals surface area contributed by atoms with Crippen LogP contribution in [0.15, 0.2) is 41.3 Å². The van der Waals surface area contributed by atoms with Gasteiger partial charge in [-0.05, 0) is 75.6 Å². The highest BCUT2D eigenvalue weighted by molar-refractivity contribution is 5.89. The molecule has 5 rings (SSSR count). The number of carbonyl (C=O) groups excluding carboxylic acids is 2. The highest BCUT2D eigenvalue weighted by Gasteiger charge is 2.44. The third-order valence-electron chi connectivity index (χ3n) is 8.53. The molecule has 2 saturated carbocycles. The molecule has 11 heteroatoms. The molecule has 2 aromatic rings. The minimum atomic E-state index is -0.945. The Morgan fingerprint density at radius 2 is 1.72 bits per heavy atom. The van der Waals surface area contributed by atoms with Crippen molar-refractivity contribution in [3.8, 4) is 5.69 Å². The second-order valence-electron chi connectivity index (χ2n) is 11.9. The van der Waals surface area contributed by atoms with Gasteiger partial charge in [-0.3, -0.25) is 14.7 Å². The van der Waals surface area contributed by atoms with Gasteiger partial charge in [0.15, 0.2) is 0 Å². The van der Waals surface area contributed by atoms with Gasteiger partial charge in [0, 0.05) is 50.5 Å². The van der Waals surface area contributed by atoms with E-state index >= 15 is 0 Å². The maximum Gasteiger partial charge on any atom is 0.354 e. The molecule has 6 N–H and O–H groups in total. The summed E-state index contributed by atoms with van der Waals surface area (Å²) in [6, 6.07) is 9.47. The van der Waals surface area contributed by atoms with Crippen molar-refractivity contribution in [3.63, 3.8) is 0 Å². The van der Waals surface area contributed by atoms with Gasteiger partial charge < -0.3 is 26.6 Å². The average molecular weight is 537 g/mol. The molecule has 2 aliphatic carbocycles. The number of anilines is 1. The van der Waals surface area contributed by atoms with Crippen molar-refractivity contribution in [1.29, 1.82) is 0 Å². The number of nitrogens with one attached hydrogen (secondary N) is 2. The maximum absolute atomic E-state index is 12.7. The van der Waals surface area contributed by atoms with Crippen LogP contribution in [0.3, 0.4) is 0 Å². The molecule has 1 aliphatic heterocycles. The van der Waals surface area contributed by atoms with Gasteiger partial charge in [0.2, 0.25) is 5.91 Å². The Morgan fingerprint density at radius 1 is 1.05 bits per heavy atom. The van der Waals surface area contributed by atoms with Crippen molar-refractivity contribution in [2.45, 2.75) is 69.6 Å². The maximum atomic E-state index is 12.7. The van der Waals surface area contributed by atoms with Gasteiger partial charge in [-0.2, -0.15) is 4.98 Å². The Balaban J connectivity index is 1.14. The van der Waals surface area contributed by atoms with Gasteiger partial charge in [-0.25, -0.2) is 9.59 Å². The largest absolute Gasteiger partial charge is 0.354 e. The zero-order valence-corrected chi connectivity index (χ0v) is 22.9. The first-order valence-electron chi connectivity index (χ1n) is 13.9. The summed E-state index contributed by atoms with van der Waals surface area (Å²) in [6.45, 7) is 5.69. The van der Waals surface area contributed by atoms with Gasteiger partial charge in [0.25, 0.3) is 0 Å². The summed E-state index contributed by atoms with van der Waals surface area (Å²) in [4.78, 5) is 45.1. The lowest BCUT2D eigenvalue weighted by molar-refractivity contribution is -0.137. The number of hydrogen-bond acceptors (Lipinski definition) is 7. The van der Waals surface area contributed by atoms with E-state index in [0.717, 1.165) is 24.9 Å². The molecule has 39 heavy (non-hydrogen) atoms. The molecule has 3 amide bonds. The van der Waals surface area contributed by atoms with Gasteiger partial charge >= 0.3 is 11.7 Å². The second kappa shape index (κ2) is 10.7. The first kappa shape index (κ1) is 27.3. The first-order chi connectivity index (χ1) is 18.5. The standard InChI is InChI=1S/C28H40N8O3/c1-27(2,30)24(37)34-13-15-35(16-14-34)25(38)32-23-9-12-36(26(39)33-23)21-5-3-19(4-6-21)18-31-28-10-7-20(17-28)22(29)8-11-28/h3-6,9,12,20,22,31H,7-8,10-11,13-18,29-30H2,1-2H3,(H,32,33,38,39). The lowest BCUT2D eigenvalue weighted by Crippen LogP contribution is -2.58. The lowest BCUT2D eigenvalue weighted by Gasteiger charge is -2.37. The SMILES string of the molecule is CC(C)(N)C(=O)N1CCN(C(=O)Nc2ccn(-c3ccc(CNC45CCC(N)C(CC4)C5)cc3)c(=O)n2)CC1. The van der Waals surface area contributed by atoms with Crippen LogP contribution < -0.4 is 27.8 Å².